The molecule has 0 unspecified atom stereocenters. The van der Waals surface area contributed by atoms with Crippen LogP contribution in [0.4, 0.5) is 5.69 Å². The van der Waals surface area contributed by atoms with E-state index >= 15 is 0 Å². The highest BCUT2D eigenvalue weighted by Crippen LogP contribution is 2.29. The van der Waals surface area contributed by atoms with Crippen molar-refractivity contribution in [3.8, 4) is 0 Å². The van der Waals surface area contributed by atoms with Crippen molar-refractivity contribution in [2.45, 2.75) is 25.9 Å². The van der Waals surface area contributed by atoms with E-state index in [0.717, 1.165) is 0 Å². The highest BCUT2D eigenvalue weighted by atomic mass is 35.5. The van der Waals surface area contributed by atoms with Gasteiger partial charge in [0.15, 0.2) is 0 Å². The molecule has 0 aliphatic heterocycles. The van der Waals surface area contributed by atoms with Gasteiger partial charge < -0.3 is 5.11 Å². The number of nitrogens with zero attached hydrogens (tertiary/aromatic N) is 1. The Morgan fingerprint density at radius 2 is 2.13 bits per heavy atom. The molecule has 0 saturated carbocycles. The first kappa shape index (κ1) is 11.9. The molecule has 0 aliphatic rings. The molecule has 1 N–H and O–H groups in total. The van der Waals surface area contributed by atoms with Gasteiger partial charge in [-0.1, -0.05) is 17.7 Å². The van der Waals surface area contributed by atoms with Gasteiger partial charge in [-0.05, 0) is 19.9 Å². The van der Waals surface area contributed by atoms with Crippen molar-refractivity contribution in [1.29, 1.82) is 0 Å². The smallest absolute Gasteiger partial charge is 0.274 e. The molecule has 0 radical (unpaired) electrons. The van der Waals surface area contributed by atoms with Crippen LogP contribution in [-0.2, 0) is 6.42 Å². The second-order valence-corrected chi connectivity index (χ2v) is 4.39. The molecule has 0 amide bonds. The van der Waals surface area contributed by atoms with Crippen molar-refractivity contribution in [3.63, 3.8) is 0 Å². The average molecular weight is 230 g/mol. The van der Waals surface area contributed by atoms with E-state index in [9.17, 15) is 15.2 Å². The maximum atomic E-state index is 10.7. The van der Waals surface area contributed by atoms with E-state index < -0.39 is 10.5 Å². The molecule has 0 aliphatic carbocycles. The van der Waals surface area contributed by atoms with Crippen LogP contribution in [0, 0.1) is 10.1 Å². The fourth-order valence-corrected chi connectivity index (χ4v) is 1.56. The maximum absolute atomic E-state index is 10.7. The zero-order valence-electron chi connectivity index (χ0n) is 8.53. The molecule has 1 aromatic carbocycles. The average Bonchev–Trinajstić information content (AvgIpc) is 2.05. The number of hydrogen-bond donors (Lipinski definition) is 1. The van der Waals surface area contributed by atoms with Gasteiger partial charge in [0, 0.05) is 12.5 Å². The lowest BCUT2D eigenvalue weighted by Crippen LogP contribution is -2.22. The second kappa shape index (κ2) is 4.16. The number of benzene rings is 1. The van der Waals surface area contributed by atoms with Crippen LogP contribution in [-0.4, -0.2) is 15.6 Å². The first-order chi connectivity index (χ1) is 6.81. The van der Waals surface area contributed by atoms with Crippen molar-refractivity contribution in [2.24, 2.45) is 0 Å². The van der Waals surface area contributed by atoms with Gasteiger partial charge in [-0.2, -0.15) is 0 Å². The molecule has 5 heteroatoms. The first-order valence-corrected chi connectivity index (χ1v) is 4.83. The van der Waals surface area contributed by atoms with E-state index in [4.69, 9.17) is 11.6 Å². The first-order valence-electron chi connectivity index (χ1n) is 4.45. The lowest BCUT2D eigenvalue weighted by atomic mass is 9.97. The summed E-state index contributed by atoms with van der Waals surface area (Å²) < 4.78 is 0. The van der Waals surface area contributed by atoms with Gasteiger partial charge in [0.25, 0.3) is 5.69 Å². The number of nitro groups is 1. The predicted molar refractivity (Wildman–Crippen MR) is 58.1 cm³/mol. The van der Waals surface area contributed by atoms with E-state index in [1.54, 1.807) is 19.9 Å². The van der Waals surface area contributed by atoms with Crippen molar-refractivity contribution in [1.82, 2.24) is 0 Å². The molecule has 15 heavy (non-hydrogen) atoms. The van der Waals surface area contributed by atoms with Crippen molar-refractivity contribution in [3.05, 3.63) is 38.9 Å². The largest absolute Gasteiger partial charge is 0.390 e. The van der Waals surface area contributed by atoms with Crippen LogP contribution in [0.3, 0.4) is 0 Å². The molecule has 0 saturated heterocycles. The minimum Gasteiger partial charge on any atom is -0.390 e. The zero-order valence-corrected chi connectivity index (χ0v) is 9.28. The molecule has 4 nitrogen and oxygen atoms in total. The molecule has 0 aromatic heterocycles. The zero-order chi connectivity index (χ0) is 11.6. The Balaban J connectivity index is 3.19. The standard InChI is InChI=1S/C10H12ClNO3/c1-10(2,13)6-7-8(11)4-3-5-9(7)12(14)15/h3-5,13H,6H2,1-2H3. The topological polar surface area (TPSA) is 63.4 Å². The molecule has 0 fully saturated rings. The Bertz CT molecular complexity index is 385. The molecule has 1 aromatic rings. The van der Waals surface area contributed by atoms with E-state index in [2.05, 4.69) is 0 Å². The number of rotatable bonds is 3. The third kappa shape index (κ3) is 3.18. The van der Waals surface area contributed by atoms with Crippen molar-refractivity contribution >= 4 is 17.3 Å². The summed E-state index contributed by atoms with van der Waals surface area (Å²) in [5, 5.41) is 20.7. The van der Waals surface area contributed by atoms with E-state index in [-0.39, 0.29) is 12.1 Å². The summed E-state index contributed by atoms with van der Waals surface area (Å²) in [6.45, 7) is 3.17. The van der Waals surface area contributed by atoms with Crippen molar-refractivity contribution in [2.75, 3.05) is 0 Å². The monoisotopic (exact) mass is 229 g/mol. The van der Waals surface area contributed by atoms with Crippen LogP contribution < -0.4 is 0 Å². The molecular formula is C10H12ClNO3. The number of nitro benzene ring substituents is 1. The van der Waals surface area contributed by atoms with Crippen molar-refractivity contribution < 1.29 is 10.0 Å². The summed E-state index contributed by atoms with van der Waals surface area (Å²) in [6, 6.07) is 4.48. The van der Waals surface area contributed by atoms with Gasteiger partial charge in [0.1, 0.15) is 0 Å². The molecule has 0 bridgehead atoms. The second-order valence-electron chi connectivity index (χ2n) is 3.98. The minimum atomic E-state index is -1.02. The third-order valence-electron chi connectivity index (χ3n) is 1.90. The van der Waals surface area contributed by atoms with E-state index in [0.29, 0.717) is 10.6 Å². The summed E-state index contributed by atoms with van der Waals surface area (Å²) in [4.78, 5) is 10.2. The Morgan fingerprint density at radius 1 is 1.53 bits per heavy atom. The minimum absolute atomic E-state index is 0.0513. The Hall–Kier alpha value is -1.13. The summed E-state index contributed by atoms with van der Waals surface area (Å²) in [6.07, 6.45) is 0.156. The third-order valence-corrected chi connectivity index (χ3v) is 2.25. The molecular weight excluding hydrogens is 218 g/mol. The fourth-order valence-electron chi connectivity index (χ4n) is 1.33. The Labute approximate surface area is 92.6 Å². The van der Waals surface area contributed by atoms with E-state index in [1.165, 1.54) is 12.1 Å². The summed E-state index contributed by atoms with van der Waals surface area (Å²) in [5.74, 6) is 0. The molecule has 82 valence electrons. The highest BCUT2D eigenvalue weighted by Gasteiger charge is 2.23. The quantitative estimate of drug-likeness (QED) is 0.640. The lowest BCUT2D eigenvalue weighted by Gasteiger charge is -2.17. The van der Waals surface area contributed by atoms with E-state index in [1.807, 2.05) is 0 Å². The molecule has 0 atom stereocenters. The van der Waals surface area contributed by atoms with Crippen LogP contribution in [0.2, 0.25) is 5.02 Å². The fraction of sp³-hybridized carbons (Fsp3) is 0.400. The van der Waals surface area contributed by atoms with Crippen LogP contribution in [0.5, 0.6) is 0 Å². The van der Waals surface area contributed by atoms with Gasteiger partial charge in [-0.25, -0.2) is 0 Å². The summed E-state index contributed by atoms with van der Waals surface area (Å²) in [5.41, 5.74) is -0.697. The number of halogens is 1. The van der Waals surface area contributed by atoms with Gasteiger partial charge in [0.05, 0.1) is 21.1 Å². The number of hydrogen-bond acceptors (Lipinski definition) is 3. The molecule has 1 rings (SSSR count). The molecule has 0 spiro atoms. The maximum Gasteiger partial charge on any atom is 0.274 e. The van der Waals surface area contributed by atoms with Gasteiger partial charge in [0.2, 0.25) is 0 Å². The Morgan fingerprint density at radius 3 is 2.60 bits per heavy atom. The molecule has 0 heterocycles. The van der Waals surface area contributed by atoms with Gasteiger partial charge in [-0.15, -0.1) is 0 Å². The number of aliphatic hydroxyl groups is 1. The predicted octanol–water partition coefficient (Wildman–Crippen LogP) is 2.56. The normalized spacial score (nSPS) is 11.5. The highest BCUT2D eigenvalue weighted by molar-refractivity contribution is 6.31. The van der Waals surface area contributed by atoms with Crippen LogP contribution >= 0.6 is 11.6 Å². The van der Waals surface area contributed by atoms with Crippen LogP contribution in [0.1, 0.15) is 19.4 Å². The van der Waals surface area contributed by atoms with Crippen LogP contribution in [0.25, 0.3) is 0 Å². The summed E-state index contributed by atoms with van der Waals surface area (Å²) in [7, 11) is 0. The van der Waals surface area contributed by atoms with Gasteiger partial charge in [-0.3, -0.25) is 10.1 Å². The lowest BCUT2D eigenvalue weighted by molar-refractivity contribution is -0.385. The Kier molecular flexibility index (Phi) is 3.31. The van der Waals surface area contributed by atoms with Crippen LogP contribution in [0.15, 0.2) is 18.2 Å². The van der Waals surface area contributed by atoms with Gasteiger partial charge >= 0.3 is 0 Å². The summed E-state index contributed by atoms with van der Waals surface area (Å²) >= 11 is 5.86. The SMILES string of the molecule is CC(C)(O)Cc1c(Cl)cccc1[N+](=O)[O-].